The summed E-state index contributed by atoms with van der Waals surface area (Å²) in [4.78, 5) is 16.8. The molecule has 25 heavy (non-hydrogen) atoms. The minimum absolute atomic E-state index is 0.783. The molecule has 0 spiro atoms. The molecule has 3 heterocycles. The molecule has 4 nitrogen and oxygen atoms in total. The van der Waals surface area contributed by atoms with Crippen LogP contribution in [0.4, 0.5) is 11.5 Å². The van der Waals surface area contributed by atoms with Crippen molar-refractivity contribution in [3.63, 3.8) is 0 Å². The number of aromatic nitrogens is 2. The molecular weight excluding hydrogens is 352 g/mol. The normalized spacial score (nSPS) is 15.2. The molecular formula is C19H21ClN4S. The average molecular weight is 373 g/mol. The second-order valence-electron chi connectivity index (χ2n) is 6.34. The van der Waals surface area contributed by atoms with Crippen molar-refractivity contribution < 1.29 is 0 Å². The molecule has 130 valence electrons. The van der Waals surface area contributed by atoms with Gasteiger partial charge in [-0.1, -0.05) is 18.5 Å². The minimum Gasteiger partial charge on any atom is -0.368 e. The van der Waals surface area contributed by atoms with E-state index in [1.807, 2.05) is 12.1 Å². The van der Waals surface area contributed by atoms with Crippen molar-refractivity contribution in [3.05, 3.63) is 46.1 Å². The van der Waals surface area contributed by atoms with Crippen LogP contribution >= 0.6 is 22.9 Å². The van der Waals surface area contributed by atoms with E-state index in [0.29, 0.717) is 0 Å². The molecule has 1 fully saturated rings. The Morgan fingerprint density at radius 2 is 1.72 bits per heavy atom. The maximum atomic E-state index is 6.00. The number of thiophene rings is 1. The summed E-state index contributed by atoms with van der Waals surface area (Å²) in [6, 6.07) is 10.3. The summed E-state index contributed by atoms with van der Waals surface area (Å²) in [7, 11) is 0. The first kappa shape index (κ1) is 16.6. The van der Waals surface area contributed by atoms with Crippen molar-refractivity contribution >= 4 is 44.7 Å². The first-order chi connectivity index (χ1) is 12.1. The Morgan fingerprint density at radius 3 is 2.40 bits per heavy atom. The molecule has 0 saturated carbocycles. The van der Waals surface area contributed by atoms with Crippen LogP contribution < -0.4 is 9.80 Å². The number of piperazine rings is 1. The summed E-state index contributed by atoms with van der Waals surface area (Å²) < 4.78 is 0. The number of nitrogens with zero attached hydrogens (tertiary/aromatic N) is 4. The van der Waals surface area contributed by atoms with Gasteiger partial charge in [-0.25, -0.2) is 9.97 Å². The lowest BCUT2D eigenvalue weighted by Crippen LogP contribution is -2.47. The van der Waals surface area contributed by atoms with Crippen LogP contribution in [0, 0.1) is 6.92 Å². The number of rotatable bonds is 3. The summed E-state index contributed by atoms with van der Waals surface area (Å²) in [6.07, 6.45) is 0.866. The van der Waals surface area contributed by atoms with Gasteiger partial charge in [-0.2, -0.15) is 0 Å². The van der Waals surface area contributed by atoms with E-state index in [-0.39, 0.29) is 0 Å². The second kappa shape index (κ2) is 6.81. The van der Waals surface area contributed by atoms with Gasteiger partial charge in [0.05, 0.1) is 5.39 Å². The Balaban J connectivity index is 1.58. The average Bonchev–Trinajstić information content (AvgIpc) is 3.01. The van der Waals surface area contributed by atoms with Gasteiger partial charge in [0.2, 0.25) is 0 Å². The molecule has 4 rings (SSSR count). The standard InChI is InChI=1S/C19H21ClN4S/c1-3-17-21-18(16-12-13(2)25-19(16)22-17)24-10-8-23(9-11-24)15-6-4-14(20)5-7-15/h4-7,12H,3,8-11H2,1-2H3. The summed E-state index contributed by atoms with van der Waals surface area (Å²) >= 11 is 7.76. The topological polar surface area (TPSA) is 32.3 Å². The van der Waals surface area contributed by atoms with Gasteiger partial charge < -0.3 is 9.80 Å². The molecule has 0 bridgehead atoms. The maximum Gasteiger partial charge on any atom is 0.141 e. The highest BCUT2D eigenvalue weighted by atomic mass is 35.5. The van der Waals surface area contributed by atoms with Gasteiger partial charge in [-0.3, -0.25) is 0 Å². The van der Waals surface area contributed by atoms with Gasteiger partial charge in [0.15, 0.2) is 0 Å². The van der Waals surface area contributed by atoms with Crippen LogP contribution in [0.1, 0.15) is 17.6 Å². The highest BCUT2D eigenvalue weighted by Gasteiger charge is 2.21. The molecule has 3 aromatic rings. The van der Waals surface area contributed by atoms with E-state index in [9.17, 15) is 0 Å². The molecule has 2 aromatic heterocycles. The van der Waals surface area contributed by atoms with E-state index < -0.39 is 0 Å². The number of hydrogen-bond acceptors (Lipinski definition) is 5. The Bertz CT molecular complexity index is 882. The fourth-order valence-electron chi connectivity index (χ4n) is 3.30. The predicted octanol–water partition coefficient (Wildman–Crippen LogP) is 4.54. The fraction of sp³-hybridized carbons (Fsp3) is 0.368. The zero-order chi connectivity index (χ0) is 17.4. The third-order valence-corrected chi connectivity index (χ3v) is 5.83. The third kappa shape index (κ3) is 3.31. The van der Waals surface area contributed by atoms with Gasteiger partial charge in [-0.05, 0) is 37.3 Å². The number of fused-ring (bicyclic) bond motifs is 1. The van der Waals surface area contributed by atoms with Crippen LogP contribution in [0.15, 0.2) is 30.3 Å². The maximum absolute atomic E-state index is 6.00. The van der Waals surface area contributed by atoms with E-state index >= 15 is 0 Å². The summed E-state index contributed by atoms with van der Waals surface area (Å²) in [6.45, 7) is 8.15. The van der Waals surface area contributed by atoms with Gasteiger partial charge in [0, 0.05) is 48.2 Å². The zero-order valence-corrected chi connectivity index (χ0v) is 16.1. The van der Waals surface area contributed by atoms with Crippen molar-refractivity contribution in [1.82, 2.24) is 9.97 Å². The van der Waals surface area contributed by atoms with Gasteiger partial charge in [-0.15, -0.1) is 11.3 Å². The SMILES string of the molecule is CCc1nc(N2CCN(c3ccc(Cl)cc3)CC2)c2cc(C)sc2n1. The summed E-state index contributed by atoms with van der Waals surface area (Å²) in [5, 5.41) is 1.98. The Morgan fingerprint density at radius 1 is 1.04 bits per heavy atom. The van der Waals surface area contributed by atoms with E-state index in [1.54, 1.807) is 11.3 Å². The van der Waals surface area contributed by atoms with Crippen LogP contribution in [0.5, 0.6) is 0 Å². The molecule has 1 aliphatic heterocycles. The lowest BCUT2D eigenvalue weighted by atomic mass is 10.2. The zero-order valence-electron chi connectivity index (χ0n) is 14.5. The number of halogens is 1. The predicted molar refractivity (Wildman–Crippen MR) is 107 cm³/mol. The summed E-state index contributed by atoms with van der Waals surface area (Å²) in [5.74, 6) is 2.03. The quantitative estimate of drug-likeness (QED) is 0.675. The first-order valence-electron chi connectivity index (χ1n) is 8.66. The molecule has 0 N–H and O–H groups in total. The third-order valence-electron chi connectivity index (χ3n) is 4.63. The minimum atomic E-state index is 0.783. The lowest BCUT2D eigenvalue weighted by Gasteiger charge is -2.37. The van der Waals surface area contributed by atoms with Crippen LogP contribution in [-0.2, 0) is 6.42 Å². The smallest absolute Gasteiger partial charge is 0.141 e. The van der Waals surface area contributed by atoms with Crippen molar-refractivity contribution in [3.8, 4) is 0 Å². The van der Waals surface area contributed by atoms with Crippen LogP contribution in [0.25, 0.3) is 10.2 Å². The van der Waals surface area contributed by atoms with E-state index in [4.69, 9.17) is 21.6 Å². The van der Waals surface area contributed by atoms with Crippen LogP contribution in [-0.4, -0.2) is 36.1 Å². The first-order valence-corrected chi connectivity index (χ1v) is 9.86. The van der Waals surface area contributed by atoms with Crippen molar-refractivity contribution in [1.29, 1.82) is 0 Å². The Hall–Kier alpha value is -1.85. The van der Waals surface area contributed by atoms with E-state index in [1.165, 1.54) is 16.0 Å². The second-order valence-corrected chi connectivity index (χ2v) is 8.01. The molecule has 0 amide bonds. The molecule has 6 heteroatoms. The van der Waals surface area contributed by atoms with Crippen molar-refractivity contribution in [2.24, 2.45) is 0 Å². The number of aryl methyl sites for hydroxylation is 2. The molecule has 0 unspecified atom stereocenters. The van der Waals surface area contributed by atoms with E-state index in [2.05, 4.69) is 41.8 Å². The number of benzene rings is 1. The van der Waals surface area contributed by atoms with Crippen molar-refractivity contribution in [2.45, 2.75) is 20.3 Å². The molecule has 0 atom stereocenters. The molecule has 1 aromatic carbocycles. The largest absolute Gasteiger partial charge is 0.368 e. The van der Waals surface area contributed by atoms with Crippen LogP contribution in [0.3, 0.4) is 0 Å². The molecule has 1 saturated heterocycles. The van der Waals surface area contributed by atoms with Crippen molar-refractivity contribution in [2.75, 3.05) is 36.0 Å². The highest BCUT2D eigenvalue weighted by Crippen LogP contribution is 2.31. The van der Waals surface area contributed by atoms with Gasteiger partial charge in [0.25, 0.3) is 0 Å². The van der Waals surface area contributed by atoms with E-state index in [0.717, 1.165) is 54.1 Å². The number of hydrogen-bond donors (Lipinski definition) is 0. The monoisotopic (exact) mass is 372 g/mol. The Kier molecular flexibility index (Phi) is 4.52. The Labute approximate surface area is 157 Å². The fourth-order valence-corrected chi connectivity index (χ4v) is 4.32. The van der Waals surface area contributed by atoms with Gasteiger partial charge in [0.1, 0.15) is 16.5 Å². The molecule has 0 aliphatic carbocycles. The van der Waals surface area contributed by atoms with Crippen LogP contribution in [0.2, 0.25) is 5.02 Å². The molecule has 0 radical (unpaired) electrons. The lowest BCUT2D eigenvalue weighted by molar-refractivity contribution is 0.647. The molecule has 1 aliphatic rings. The highest BCUT2D eigenvalue weighted by molar-refractivity contribution is 7.18. The number of anilines is 2. The van der Waals surface area contributed by atoms with Gasteiger partial charge >= 0.3 is 0 Å². The summed E-state index contributed by atoms with van der Waals surface area (Å²) in [5.41, 5.74) is 1.23.